The molecule has 0 unspecified atom stereocenters. The molecule has 20 nitrogen and oxygen atoms in total. The highest BCUT2D eigenvalue weighted by atomic mass is 35.5. The highest BCUT2D eigenvalue weighted by Gasteiger charge is 2.36. The van der Waals surface area contributed by atoms with Crippen LogP contribution in [-0.4, -0.2) is 106 Å². The molecule has 3 N–H and O–H groups in total. The van der Waals surface area contributed by atoms with Gasteiger partial charge < -0.3 is 19.6 Å². The van der Waals surface area contributed by atoms with Crippen LogP contribution < -0.4 is 14.3 Å². The van der Waals surface area contributed by atoms with Crippen molar-refractivity contribution in [3.8, 4) is 0 Å². The SMILES string of the molecule is C.Cc1ccc(NS(C)(=O)=O)c(C(=O)N2Cc3ccccc3C[C@H]2c2cc3nc(C)c(C)c(N(C)C)n3n2)c1.Cc1ccc(NS(C)(=O)=O)c(C(=O)O)c1.Cc1nc2cc([C@@H]3Cc4ccccc4CN3C(=O)OCc3ccccc3)nn2c(Cl)c1C. The molecule has 0 fully saturated rings. The number of ether oxygens (including phenoxy) is 1. The lowest BCUT2D eigenvalue weighted by Crippen LogP contribution is -2.39. The number of halogens is 1. The number of benzene rings is 5. The van der Waals surface area contributed by atoms with Gasteiger partial charge in [0.1, 0.15) is 17.6 Å². The Balaban J connectivity index is 0.000000181. The van der Waals surface area contributed by atoms with Crippen LogP contribution in [0.25, 0.3) is 11.3 Å². The standard InChI is InChI=1S/C28H32N6O3S.C25H23ClN4O2.C9H11NO4S.CH4/c1-17-11-12-23(31-38(6,36)37)22(13-17)28(35)33-16-21-10-8-7-9-20(21)14-25(33)24-15-26-29-19(3)18(2)27(32(4)5)34(26)30-24;1-16-17(2)27-23-13-21(28-30(23)24(16)26)22-12-19-10-6-7-11-20(19)14-29(22)25(31)32-15-18-8-4-3-5-9-18;1-6-3-4-8(10-15(2,13)14)7(5-6)9(11)12;/h7-13,15,25,31H,14,16H2,1-6H3;3-11,13,22H,12,14-15H2,1-2H3;3-5,10H,1-2H3,(H,11,12);1H4/t25-;22-;;/m00../s1. The van der Waals surface area contributed by atoms with Crippen molar-refractivity contribution >= 4 is 78.1 Å². The summed E-state index contributed by atoms with van der Waals surface area (Å²) in [7, 11) is -3.09. The van der Waals surface area contributed by atoms with Crippen molar-refractivity contribution in [2.45, 2.75) is 93.6 Å². The van der Waals surface area contributed by atoms with Gasteiger partial charge in [-0.2, -0.15) is 14.7 Å². The maximum atomic E-state index is 14.2. The summed E-state index contributed by atoms with van der Waals surface area (Å²) in [5, 5.41) is 19.1. The Morgan fingerprint density at radius 1 is 0.616 bits per heavy atom. The molecule has 9 aromatic rings. The minimum Gasteiger partial charge on any atom is -0.478 e. The quantitative estimate of drug-likeness (QED) is 0.102. The van der Waals surface area contributed by atoms with Gasteiger partial charge in [0, 0.05) is 61.8 Å². The number of carboxylic acid groups (broad SMARTS) is 1. The molecule has 0 aliphatic carbocycles. The number of rotatable bonds is 11. The fourth-order valence-corrected chi connectivity index (χ4v) is 11.8. The van der Waals surface area contributed by atoms with Crippen LogP contribution in [0, 0.1) is 41.5 Å². The molecule has 11 rings (SSSR count). The number of hydrogen-bond donors (Lipinski definition) is 3. The molecule has 6 heterocycles. The Morgan fingerprint density at radius 3 is 1.59 bits per heavy atom. The number of aromatic nitrogens is 6. The lowest BCUT2D eigenvalue weighted by Gasteiger charge is -2.36. The molecule has 5 aromatic carbocycles. The first-order valence-corrected chi connectivity index (χ1v) is 31.3. The van der Waals surface area contributed by atoms with Crippen LogP contribution in [0.1, 0.15) is 113 Å². The van der Waals surface area contributed by atoms with E-state index in [4.69, 9.17) is 36.6 Å². The molecule has 0 bridgehead atoms. The molecule has 0 saturated heterocycles. The highest BCUT2D eigenvalue weighted by molar-refractivity contribution is 7.92. The second kappa shape index (κ2) is 25.8. The highest BCUT2D eigenvalue weighted by Crippen LogP contribution is 2.38. The lowest BCUT2D eigenvalue weighted by molar-refractivity contribution is 0.0632. The third kappa shape index (κ3) is 14.3. The van der Waals surface area contributed by atoms with Crippen molar-refractivity contribution < 1.29 is 41.1 Å². The molecule has 2 atom stereocenters. The van der Waals surface area contributed by atoms with Crippen molar-refractivity contribution in [1.29, 1.82) is 0 Å². The number of carboxylic acids is 1. The van der Waals surface area contributed by atoms with Crippen molar-refractivity contribution in [1.82, 2.24) is 39.0 Å². The first-order chi connectivity index (χ1) is 40.2. The number of hydrogen-bond acceptors (Lipinski definition) is 13. The average Bonchev–Trinajstić information content (AvgIpc) is 1.66. The van der Waals surface area contributed by atoms with Gasteiger partial charge in [-0.1, -0.05) is 121 Å². The minimum absolute atomic E-state index is 0. The summed E-state index contributed by atoms with van der Waals surface area (Å²) in [4.78, 5) is 53.1. The Kier molecular flexibility index (Phi) is 18.9. The van der Waals surface area contributed by atoms with E-state index < -0.39 is 26.0 Å². The minimum atomic E-state index is -3.58. The predicted molar refractivity (Wildman–Crippen MR) is 335 cm³/mol. The van der Waals surface area contributed by atoms with E-state index in [1.165, 1.54) is 17.7 Å². The van der Waals surface area contributed by atoms with Crippen LogP contribution in [0.15, 0.2) is 127 Å². The molecule has 0 radical (unpaired) electrons. The number of nitrogens with one attached hydrogen (secondary N) is 2. The predicted octanol–water partition coefficient (Wildman–Crippen LogP) is 11.2. The van der Waals surface area contributed by atoms with Crippen molar-refractivity contribution in [2.24, 2.45) is 0 Å². The van der Waals surface area contributed by atoms with Gasteiger partial charge >= 0.3 is 12.1 Å². The number of carbonyl (C=O) groups excluding carboxylic acids is 2. The largest absolute Gasteiger partial charge is 0.478 e. The smallest absolute Gasteiger partial charge is 0.410 e. The number of aromatic carboxylic acids is 1. The fourth-order valence-electron chi connectivity index (χ4n) is 10.4. The van der Waals surface area contributed by atoms with E-state index in [2.05, 4.69) is 32.6 Å². The first kappa shape index (κ1) is 63.2. The number of sulfonamides is 2. The molecule has 4 aromatic heterocycles. The zero-order valence-electron chi connectivity index (χ0n) is 48.7. The molecule has 0 saturated carbocycles. The summed E-state index contributed by atoms with van der Waals surface area (Å²) < 4.78 is 59.9. The van der Waals surface area contributed by atoms with Gasteiger partial charge in [0.2, 0.25) is 20.0 Å². The van der Waals surface area contributed by atoms with E-state index in [0.717, 1.165) is 85.6 Å². The summed E-state index contributed by atoms with van der Waals surface area (Å²) in [6.07, 6.45) is 2.92. The van der Waals surface area contributed by atoms with Gasteiger partial charge in [-0.25, -0.2) is 40.9 Å². The summed E-state index contributed by atoms with van der Waals surface area (Å²) in [5.74, 6) is -0.486. The van der Waals surface area contributed by atoms with Gasteiger partial charge in [0.05, 0.1) is 58.5 Å². The second-order valence-corrected chi connectivity index (χ2v) is 25.4. The summed E-state index contributed by atoms with van der Waals surface area (Å²) >= 11 is 6.54. The molecule has 2 aliphatic heterocycles. The summed E-state index contributed by atoms with van der Waals surface area (Å²) in [6, 6.07) is 38.8. The van der Waals surface area contributed by atoms with E-state index in [1.54, 1.807) is 45.5 Å². The molecule has 2 amide bonds. The Bertz CT molecular complexity index is 4290. The summed E-state index contributed by atoms with van der Waals surface area (Å²) in [5.41, 5.74) is 14.3. The molecular weight excluding hydrogens is 1150 g/mol. The summed E-state index contributed by atoms with van der Waals surface area (Å²) in [6.45, 7) is 12.5. The van der Waals surface area contributed by atoms with E-state index in [9.17, 15) is 31.2 Å². The van der Waals surface area contributed by atoms with E-state index in [1.807, 2.05) is 131 Å². The number of anilines is 3. The van der Waals surface area contributed by atoms with E-state index in [0.29, 0.717) is 47.9 Å². The van der Waals surface area contributed by atoms with Gasteiger partial charge in [0.15, 0.2) is 11.3 Å². The molecular formula is C63H70ClN11O9S2. The fraction of sp³-hybridized carbons (Fsp3) is 0.286. The van der Waals surface area contributed by atoms with Gasteiger partial charge in [-0.05, 0) is 106 Å². The maximum absolute atomic E-state index is 14.2. The number of nitrogens with zero attached hydrogens (tertiary/aromatic N) is 9. The molecule has 86 heavy (non-hydrogen) atoms. The van der Waals surface area contributed by atoms with E-state index in [-0.39, 0.29) is 55.1 Å². The van der Waals surface area contributed by atoms with Gasteiger partial charge in [0.25, 0.3) is 5.91 Å². The van der Waals surface area contributed by atoms with Crippen LogP contribution in [-0.2, 0) is 57.3 Å². The zero-order chi connectivity index (χ0) is 61.2. The molecule has 450 valence electrons. The van der Waals surface area contributed by atoms with Crippen LogP contribution in [0.2, 0.25) is 5.15 Å². The topological polar surface area (TPSA) is 243 Å². The van der Waals surface area contributed by atoms with Crippen LogP contribution in [0.3, 0.4) is 0 Å². The normalized spacial score (nSPS) is 14.5. The van der Waals surface area contributed by atoms with E-state index >= 15 is 0 Å². The Hall–Kier alpha value is -8.86. The molecule has 0 spiro atoms. The van der Waals surface area contributed by atoms with Crippen molar-refractivity contribution in [2.75, 3.05) is 41.0 Å². The molecule has 2 aliphatic rings. The lowest BCUT2D eigenvalue weighted by atomic mass is 9.91. The maximum Gasteiger partial charge on any atom is 0.410 e. The Labute approximate surface area is 506 Å². The number of aryl methyl sites for hydroxylation is 4. The number of amides is 2. The molecule has 23 heteroatoms. The van der Waals surface area contributed by atoms with Gasteiger partial charge in [-0.3, -0.25) is 19.1 Å². The van der Waals surface area contributed by atoms with Crippen LogP contribution in [0.4, 0.5) is 22.0 Å². The average molecular weight is 1220 g/mol. The third-order valence-electron chi connectivity index (χ3n) is 14.8. The zero-order valence-corrected chi connectivity index (χ0v) is 51.1. The number of carbonyl (C=O) groups is 3. The van der Waals surface area contributed by atoms with Crippen molar-refractivity contribution in [3.63, 3.8) is 0 Å². The first-order valence-electron chi connectivity index (χ1n) is 27.1. The monoisotopic (exact) mass is 1220 g/mol. The Morgan fingerprint density at radius 2 is 1.07 bits per heavy atom. The van der Waals surface area contributed by atoms with Crippen LogP contribution >= 0.6 is 11.6 Å². The number of fused-ring (bicyclic) bond motifs is 4. The third-order valence-corrected chi connectivity index (χ3v) is 16.4. The van der Waals surface area contributed by atoms with Crippen LogP contribution in [0.5, 0.6) is 0 Å². The second-order valence-electron chi connectivity index (χ2n) is 21.6. The van der Waals surface area contributed by atoms with Gasteiger partial charge in [-0.15, -0.1) is 0 Å². The van der Waals surface area contributed by atoms with Crippen molar-refractivity contribution in [3.05, 3.63) is 217 Å².